The van der Waals surface area contributed by atoms with Crippen molar-refractivity contribution < 1.29 is 9.53 Å². The predicted molar refractivity (Wildman–Crippen MR) is 84.2 cm³/mol. The Morgan fingerprint density at radius 2 is 2.14 bits per heavy atom. The third kappa shape index (κ3) is 5.38. The number of ether oxygens (including phenoxy) is 1. The Morgan fingerprint density at radius 3 is 2.86 bits per heavy atom. The van der Waals surface area contributed by atoms with E-state index in [2.05, 4.69) is 24.5 Å². The van der Waals surface area contributed by atoms with E-state index in [0.29, 0.717) is 19.1 Å². The fraction of sp³-hybridized carbons (Fsp3) is 0.588. The van der Waals surface area contributed by atoms with Crippen molar-refractivity contribution in [1.82, 2.24) is 10.6 Å². The zero-order chi connectivity index (χ0) is 15.1. The Balaban J connectivity index is 1.82. The molecule has 1 fully saturated rings. The molecular weight excluding hydrogens is 264 g/mol. The number of hydrogen-bond donors (Lipinski definition) is 2. The Morgan fingerprint density at radius 1 is 1.38 bits per heavy atom. The van der Waals surface area contributed by atoms with Crippen LogP contribution in [-0.4, -0.2) is 25.6 Å². The maximum Gasteiger partial charge on any atom is 0.223 e. The van der Waals surface area contributed by atoms with Crippen molar-refractivity contribution in [2.75, 3.05) is 19.7 Å². The lowest BCUT2D eigenvalue weighted by atomic mass is 9.97. The number of carbonyl (C=O) groups excluding carboxylic acids is 1. The molecule has 1 amide bonds. The van der Waals surface area contributed by atoms with Gasteiger partial charge < -0.3 is 15.4 Å². The van der Waals surface area contributed by atoms with Crippen LogP contribution in [0.4, 0.5) is 0 Å². The van der Waals surface area contributed by atoms with Crippen molar-refractivity contribution in [1.29, 1.82) is 0 Å². The lowest BCUT2D eigenvalue weighted by molar-refractivity contribution is -0.125. The molecule has 116 valence electrons. The maximum absolute atomic E-state index is 12.1. The second-order valence-corrected chi connectivity index (χ2v) is 6.09. The van der Waals surface area contributed by atoms with E-state index < -0.39 is 0 Å². The highest BCUT2D eigenvalue weighted by molar-refractivity contribution is 5.78. The van der Waals surface area contributed by atoms with Gasteiger partial charge in [0, 0.05) is 12.5 Å². The Hall–Kier alpha value is -1.55. The van der Waals surface area contributed by atoms with Gasteiger partial charge in [0.1, 0.15) is 5.75 Å². The maximum atomic E-state index is 12.1. The number of nitrogens with one attached hydrogen (secondary N) is 2. The van der Waals surface area contributed by atoms with Crippen LogP contribution in [0.1, 0.15) is 32.3 Å². The monoisotopic (exact) mass is 290 g/mol. The molecule has 1 aliphatic rings. The molecule has 2 rings (SSSR count). The summed E-state index contributed by atoms with van der Waals surface area (Å²) in [6.45, 7) is 7.42. The van der Waals surface area contributed by atoms with Crippen LogP contribution in [0.3, 0.4) is 0 Å². The highest BCUT2D eigenvalue weighted by Gasteiger charge is 2.20. The second kappa shape index (κ2) is 8.03. The molecule has 0 aliphatic carbocycles. The molecule has 2 N–H and O–H groups in total. The predicted octanol–water partition coefficient (Wildman–Crippen LogP) is 2.34. The zero-order valence-corrected chi connectivity index (χ0v) is 13.0. The molecule has 1 aromatic rings. The molecule has 1 heterocycles. The van der Waals surface area contributed by atoms with Gasteiger partial charge >= 0.3 is 0 Å². The van der Waals surface area contributed by atoms with Gasteiger partial charge in [0.05, 0.1) is 6.61 Å². The third-order valence-corrected chi connectivity index (χ3v) is 3.66. The molecule has 4 heteroatoms. The van der Waals surface area contributed by atoms with Crippen molar-refractivity contribution in [2.24, 2.45) is 11.8 Å². The van der Waals surface area contributed by atoms with Gasteiger partial charge in [0.25, 0.3) is 0 Å². The molecule has 21 heavy (non-hydrogen) atoms. The molecule has 0 bridgehead atoms. The van der Waals surface area contributed by atoms with Crippen molar-refractivity contribution in [3.05, 3.63) is 29.8 Å². The van der Waals surface area contributed by atoms with Crippen LogP contribution in [0, 0.1) is 11.8 Å². The second-order valence-electron chi connectivity index (χ2n) is 6.09. The first-order valence-electron chi connectivity index (χ1n) is 7.85. The summed E-state index contributed by atoms with van der Waals surface area (Å²) in [4.78, 5) is 12.1. The highest BCUT2D eigenvalue weighted by Crippen LogP contribution is 2.15. The van der Waals surface area contributed by atoms with E-state index in [1.165, 1.54) is 0 Å². The summed E-state index contributed by atoms with van der Waals surface area (Å²) in [5, 5.41) is 6.32. The zero-order valence-electron chi connectivity index (χ0n) is 13.0. The Labute approximate surface area is 127 Å². The van der Waals surface area contributed by atoms with Crippen LogP contribution in [0.15, 0.2) is 24.3 Å². The average molecular weight is 290 g/mol. The van der Waals surface area contributed by atoms with Crippen LogP contribution in [0.5, 0.6) is 5.75 Å². The average Bonchev–Trinajstić information content (AvgIpc) is 2.52. The van der Waals surface area contributed by atoms with E-state index in [-0.39, 0.29) is 11.8 Å². The Kier molecular flexibility index (Phi) is 6.05. The van der Waals surface area contributed by atoms with Crippen LogP contribution in [-0.2, 0) is 11.3 Å². The quantitative estimate of drug-likeness (QED) is 0.845. The van der Waals surface area contributed by atoms with Crippen molar-refractivity contribution in [3.63, 3.8) is 0 Å². The summed E-state index contributed by atoms with van der Waals surface area (Å²) < 4.78 is 5.71. The van der Waals surface area contributed by atoms with Gasteiger partial charge in [-0.15, -0.1) is 0 Å². The normalized spacial score (nSPS) is 16.0. The minimum Gasteiger partial charge on any atom is -0.493 e. The van der Waals surface area contributed by atoms with Crippen molar-refractivity contribution >= 4 is 5.91 Å². The van der Waals surface area contributed by atoms with E-state index in [1.807, 2.05) is 24.3 Å². The van der Waals surface area contributed by atoms with Crippen LogP contribution in [0.25, 0.3) is 0 Å². The smallest absolute Gasteiger partial charge is 0.223 e. The molecule has 0 saturated carbocycles. The Bertz CT molecular complexity index is 454. The summed E-state index contributed by atoms with van der Waals surface area (Å²) in [6.07, 6.45) is 1.87. The minimum atomic E-state index is 0.159. The lowest BCUT2D eigenvalue weighted by Crippen LogP contribution is -2.37. The lowest BCUT2D eigenvalue weighted by Gasteiger charge is -2.21. The van der Waals surface area contributed by atoms with Gasteiger partial charge in [0.2, 0.25) is 5.91 Å². The molecule has 4 nitrogen and oxygen atoms in total. The van der Waals surface area contributed by atoms with Gasteiger partial charge in [0.15, 0.2) is 0 Å². The van der Waals surface area contributed by atoms with Crippen molar-refractivity contribution in [2.45, 2.75) is 33.2 Å². The fourth-order valence-electron chi connectivity index (χ4n) is 2.43. The van der Waals surface area contributed by atoms with E-state index in [4.69, 9.17) is 4.74 Å². The first kappa shape index (κ1) is 15.8. The molecule has 0 unspecified atom stereocenters. The van der Waals surface area contributed by atoms with E-state index >= 15 is 0 Å². The largest absolute Gasteiger partial charge is 0.493 e. The number of benzene rings is 1. The summed E-state index contributed by atoms with van der Waals surface area (Å²) in [7, 11) is 0. The van der Waals surface area contributed by atoms with Gasteiger partial charge in [-0.3, -0.25) is 4.79 Å². The molecule has 0 radical (unpaired) electrons. The summed E-state index contributed by atoms with van der Waals surface area (Å²) in [6, 6.07) is 7.96. The topological polar surface area (TPSA) is 50.4 Å². The van der Waals surface area contributed by atoms with Crippen LogP contribution in [0.2, 0.25) is 0 Å². The third-order valence-electron chi connectivity index (χ3n) is 3.66. The molecule has 1 aromatic carbocycles. The van der Waals surface area contributed by atoms with Crippen molar-refractivity contribution in [3.8, 4) is 5.75 Å². The first-order valence-corrected chi connectivity index (χ1v) is 7.85. The molecule has 0 aromatic heterocycles. The van der Waals surface area contributed by atoms with Crippen LogP contribution >= 0.6 is 0 Å². The van der Waals surface area contributed by atoms with E-state index in [9.17, 15) is 4.79 Å². The number of carbonyl (C=O) groups is 1. The minimum absolute atomic E-state index is 0.159. The first-order chi connectivity index (χ1) is 10.1. The molecule has 0 spiro atoms. The fourth-order valence-corrected chi connectivity index (χ4v) is 2.43. The number of rotatable bonds is 6. The number of amides is 1. The molecule has 1 saturated heterocycles. The summed E-state index contributed by atoms with van der Waals surface area (Å²) in [5.41, 5.74) is 1.08. The van der Waals surface area contributed by atoms with Crippen LogP contribution < -0.4 is 15.4 Å². The van der Waals surface area contributed by atoms with Gasteiger partial charge in [-0.25, -0.2) is 0 Å². The van der Waals surface area contributed by atoms with E-state index in [0.717, 1.165) is 37.2 Å². The highest BCUT2D eigenvalue weighted by atomic mass is 16.5. The van der Waals surface area contributed by atoms with E-state index in [1.54, 1.807) is 0 Å². The van der Waals surface area contributed by atoms with Gasteiger partial charge in [-0.05, 0) is 49.5 Å². The summed E-state index contributed by atoms with van der Waals surface area (Å²) >= 11 is 0. The molecule has 0 atom stereocenters. The number of hydrogen-bond acceptors (Lipinski definition) is 3. The van der Waals surface area contributed by atoms with Gasteiger partial charge in [-0.2, -0.15) is 0 Å². The number of piperidine rings is 1. The standard InChI is InChI=1S/C17H26N2O2/c1-13(2)12-21-16-5-3-4-14(10-16)11-19-17(20)15-6-8-18-9-7-15/h3-5,10,13,15,18H,6-9,11-12H2,1-2H3,(H,19,20). The summed E-state index contributed by atoms with van der Waals surface area (Å²) in [5.74, 6) is 1.71. The molecular formula is C17H26N2O2. The SMILES string of the molecule is CC(C)COc1cccc(CNC(=O)C2CCNCC2)c1. The molecule has 1 aliphatic heterocycles. The van der Waals surface area contributed by atoms with Gasteiger partial charge in [-0.1, -0.05) is 26.0 Å².